The van der Waals surface area contributed by atoms with E-state index in [9.17, 15) is 9.36 Å². The number of aromatic nitrogens is 1. The minimum atomic E-state index is -3.27. The third kappa shape index (κ3) is 2.78. The number of nitrogens with one attached hydrogen (secondary N) is 1. The summed E-state index contributed by atoms with van der Waals surface area (Å²) >= 11 is 0. The molecule has 0 spiro atoms. The Morgan fingerprint density at radius 3 is 2.71 bits per heavy atom. The van der Waals surface area contributed by atoms with Crippen molar-refractivity contribution in [3.05, 3.63) is 35.0 Å². The SMILES string of the molecule is COP(=O)(OC)N(C)C1CCc2[nH]c3ccc(C(N)=O)cc3c2C1. The zero-order chi connectivity index (χ0) is 17.5. The molecule has 24 heavy (non-hydrogen) atoms. The van der Waals surface area contributed by atoms with Crippen molar-refractivity contribution >= 4 is 24.6 Å². The van der Waals surface area contributed by atoms with E-state index in [1.807, 2.05) is 12.1 Å². The van der Waals surface area contributed by atoms with Gasteiger partial charge in [-0.15, -0.1) is 0 Å². The van der Waals surface area contributed by atoms with Gasteiger partial charge in [0.25, 0.3) is 0 Å². The van der Waals surface area contributed by atoms with Gasteiger partial charge in [-0.25, -0.2) is 9.24 Å². The smallest absolute Gasteiger partial charge is 0.366 e. The first kappa shape index (κ1) is 17.2. The molecule has 1 aromatic carbocycles. The second-order valence-corrected chi connectivity index (χ2v) is 8.31. The van der Waals surface area contributed by atoms with E-state index in [4.69, 9.17) is 14.8 Å². The van der Waals surface area contributed by atoms with Gasteiger partial charge in [-0.05, 0) is 50.1 Å². The lowest BCUT2D eigenvalue weighted by molar-refractivity contribution is 0.100. The lowest BCUT2D eigenvalue weighted by Gasteiger charge is -2.34. The van der Waals surface area contributed by atoms with Crippen LogP contribution in [0.1, 0.15) is 28.0 Å². The van der Waals surface area contributed by atoms with E-state index in [1.165, 1.54) is 14.2 Å². The lowest BCUT2D eigenvalue weighted by atomic mass is 9.91. The summed E-state index contributed by atoms with van der Waals surface area (Å²) in [6, 6.07) is 5.45. The number of hydrogen-bond donors (Lipinski definition) is 2. The Kier molecular flexibility index (Phi) is 4.53. The highest BCUT2D eigenvalue weighted by Gasteiger charge is 2.36. The summed E-state index contributed by atoms with van der Waals surface area (Å²) in [4.78, 5) is 14.9. The second-order valence-electron chi connectivity index (χ2n) is 6.01. The number of amides is 1. The van der Waals surface area contributed by atoms with Crippen molar-refractivity contribution in [3.8, 4) is 0 Å². The van der Waals surface area contributed by atoms with Gasteiger partial charge in [0, 0.05) is 42.4 Å². The largest absolute Gasteiger partial charge is 0.407 e. The molecule has 2 aromatic rings. The van der Waals surface area contributed by atoms with Crippen molar-refractivity contribution in [3.63, 3.8) is 0 Å². The van der Waals surface area contributed by atoms with E-state index in [0.29, 0.717) is 12.0 Å². The summed E-state index contributed by atoms with van der Waals surface area (Å²) in [5.74, 6) is -0.445. The number of aryl methyl sites for hydroxylation is 1. The third-order valence-electron chi connectivity index (χ3n) is 4.82. The fraction of sp³-hybridized carbons (Fsp3) is 0.438. The van der Waals surface area contributed by atoms with Crippen molar-refractivity contribution in [1.82, 2.24) is 9.65 Å². The first-order chi connectivity index (χ1) is 11.4. The third-order valence-corrected chi connectivity index (χ3v) is 6.84. The fourth-order valence-electron chi connectivity index (χ4n) is 3.40. The van der Waals surface area contributed by atoms with Gasteiger partial charge < -0.3 is 10.7 Å². The van der Waals surface area contributed by atoms with Crippen molar-refractivity contribution in [2.24, 2.45) is 5.73 Å². The molecular formula is C16H22N3O4P. The van der Waals surface area contributed by atoms with Gasteiger partial charge in [-0.2, -0.15) is 0 Å². The van der Waals surface area contributed by atoms with Crippen LogP contribution < -0.4 is 5.73 Å². The summed E-state index contributed by atoms with van der Waals surface area (Å²) in [6.45, 7) is 0. The molecule has 0 radical (unpaired) electrons. The molecule has 1 heterocycles. The highest BCUT2D eigenvalue weighted by Crippen LogP contribution is 2.52. The van der Waals surface area contributed by atoms with Gasteiger partial charge in [0.15, 0.2) is 0 Å². The standard InChI is InChI=1S/C16H22N3O4P/c1-19(24(21,22-2)23-3)11-5-7-15-13(9-11)12-8-10(16(17)20)4-6-14(12)18-15/h4,6,8,11,18H,5,7,9H2,1-3H3,(H2,17,20). The fourth-order valence-corrected chi connectivity index (χ4v) is 4.66. The molecule has 0 bridgehead atoms. The predicted molar refractivity (Wildman–Crippen MR) is 92.0 cm³/mol. The molecule has 1 unspecified atom stereocenters. The zero-order valence-electron chi connectivity index (χ0n) is 14.0. The first-order valence-corrected chi connectivity index (χ1v) is 9.27. The molecule has 8 heteroatoms. The summed E-state index contributed by atoms with van der Waals surface area (Å²) in [5.41, 5.74) is 9.15. The molecule has 0 fully saturated rings. The zero-order valence-corrected chi connectivity index (χ0v) is 14.9. The maximum Gasteiger partial charge on any atom is 0.407 e. The number of carbonyl (C=O) groups excluding carboxylic acids is 1. The van der Waals surface area contributed by atoms with Crippen molar-refractivity contribution < 1.29 is 18.4 Å². The summed E-state index contributed by atoms with van der Waals surface area (Å²) in [7, 11) is 1.26. The molecule has 0 saturated carbocycles. The van der Waals surface area contributed by atoms with Crippen LogP contribution in [0.2, 0.25) is 0 Å². The van der Waals surface area contributed by atoms with Gasteiger partial charge in [0.2, 0.25) is 5.91 Å². The molecular weight excluding hydrogens is 329 g/mol. The van der Waals surface area contributed by atoms with E-state index in [1.54, 1.807) is 17.8 Å². The van der Waals surface area contributed by atoms with E-state index in [2.05, 4.69) is 4.98 Å². The lowest BCUT2D eigenvalue weighted by Crippen LogP contribution is -2.34. The molecule has 3 rings (SSSR count). The van der Waals surface area contributed by atoms with Gasteiger partial charge in [0.05, 0.1) is 0 Å². The number of benzene rings is 1. The highest BCUT2D eigenvalue weighted by molar-refractivity contribution is 7.51. The van der Waals surface area contributed by atoms with Gasteiger partial charge in [-0.3, -0.25) is 13.8 Å². The number of hydrogen-bond acceptors (Lipinski definition) is 4. The van der Waals surface area contributed by atoms with Crippen LogP contribution in [0.15, 0.2) is 18.2 Å². The van der Waals surface area contributed by atoms with Crippen LogP contribution in [0.3, 0.4) is 0 Å². The Labute approximate surface area is 140 Å². The van der Waals surface area contributed by atoms with Crippen LogP contribution in [-0.2, 0) is 26.5 Å². The van der Waals surface area contributed by atoms with Gasteiger partial charge >= 0.3 is 7.75 Å². The summed E-state index contributed by atoms with van der Waals surface area (Å²) in [6.07, 6.45) is 2.37. The number of fused-ring (bicyclic) bond motifs is 3. The normalized spacial score (nSPS) is 18.1. The Morgan fingerprint density at radius 2 is 2.08 bits per heavy atom. The van der Waals surface area contributed by atoms with Crippen LogP contribution in [0.4, 0.5) is 0 Å². The number of likely N-dealkylation sites (N-methyl/N-ethyl adjacent to an activating group) is 1. The minimum Gasteiger partial charge on any atom is -0.366 e. The Bertz CT molecular complexity index is 824. The number of rotatable bonds is 5. The Morgan fingerprint density at radius 1 is 1.38 bits per heavy atom. The summed E-state index contributed by atoms with van der Waals surface area (Å²) < 4.78 is 24.5. The van der Waals surface area contributed by atoms with E-state index < -0.39 is 13.7 Å². The number of nitrogens with two attached hydrogens (primary N) is 1. The molecule has 0 aliphatic heterocycles. The van der Waals surface area contributed by atoms with Crippen LogP contribution in [0, 0.1) is 0 Å². The van der Waals surface area contributed by atoms with Gasteiger partial charge in [-0.1, -0.05) is 0 Å². The number of aromatic amines is 1. The molecule has 130 valence electrons. The average Bonchev–Trinajstić information content (AvgIpc) is 2.97. The molecule has 3 N–H and O–H groups in total. The van der Waals surface area contributed by atoms with E-state index >= 15 is 0 Å². The maximum absolute atomic E-state index is 12.6. The number of primary amides is 1. The highest BCUT2D eigenvalue weighted by atomic mass is 31.2. The van der Waals surface area contributed by atoms with E-state index in [-0.39, 0.29) is 6.04 Å². The van der Waals surface area contributed by atoms with Gasteiger partial charge in [0.1, 0.15) is 0 Å². The second kappa shape index (κ2) is 6.33. The number of nitrogens with zero attached hydrogens (tertiary/aromatic N) is 1. The molecule has 1 aromatic heterocycles. The first-order valence-electron chi connectivity index (χ1n) is 7.77. The quantitative estimate of drug-likeness (QED) is 0.807. The minimum absolute atomic E-state index is 0.0273. The Hall–Kier alpha value is -1.66. The number of carbonyl (C=O) groups is 1. The molecule has 1 aliphatic rings. The van der Waals surface area contributed by atoms with Crippen molar-refractivity contribution in [1.29, 1.82) is 0 Å². The Balaban J connectivity index is 1.97. The van der Waals surface area contributed by atoms with Crippen LogP contribution in [0.25, 0.3) is 10.9 Å². The maximum atomic E-state index is 12.6. The predicted octanol–water partition coefficient (Wildman–Crippen LogP) is 2.46. The summed E-state index contributed by atoms with van der Waals surface area (Å²) in [5, 5.41) is 0.990. The monoisotopic (exact) mass is 351 g/mol. The van der Waals surface area contributed by atoms with Crippen LogP contribution >= 0.6 is 7.75 Å². The topological polar surface area (TPSA) is 97.7 Å². The van der Waals surface area contributed by atoms with Crippen LogP contribution in [0.5, 0.6) is 0 Å². The van der Waals surface area contributed by atoms with Crippen molar-refractivity contribution in [2.45, 2.75) is 25.3 Å². The van der Waals surface area contributed by atoms with Crippen LogP contribution in [-0.4, -0.2) is 42.9 Å². The molecule has 1 amide bonds. The van der Waals surface area contributed by atoms with E-state index in [0.717, 1.165) is 35.0 Å². The molecule has 1 aliphatic carbocycles. The van der Waals surface area contributed by atoms with Crippen molar-refractivity contribution in [2.75, 3.05) is 21.3 Å². The molecule has 0 saturated heterocycles. The average molecular weight is 351 g/mol. The number of H-pyrrole nitrogens is 1. The molecule has 7 nitrogen and oxygen atoms in total. The molecule has 1 atom stereocenters.